The zero-order chi connectivity index (χ0) is 16.5. The average Bonchev–Trinajstić information content (AvgIpc) is 2.84. The first-order chi connectivity index (χ1) is 10.1. The third-order valence-electron chi connectivity index (χ3n) is 2.45. The zero-order valence-corrected chi connectivity index (χ0v) is 12.5. The minimum absolute atomic E-state index is 0.335. The van der Waals surface area contributed by atoms with Gasteiger partial charge >= 0.3 is 15.6 Å². The molecule has 10 heteroatoms. The Kier molecular flexibility index (Phi) is 4.12. The molecule has 0 fully saturated rings. The van der Waals surface area contributed by atoms with Gasteiger partial charge in [0.15, 0.2) is 5.75 Å². The van der Waals surface area contributed by atoms with Crippen LogP contribution in [0.5, 0.6) is 5.75 Å². The van der Waals surface area contributed by atoms with Gasteiger partial charge in [-0.25, -0.2) is 4.98 Å². The lowest BCUT2D eigenvalue weighted by atomic mass is 10.1. The molecule has 22 heavy (non-hydrogen) atoms. The SMILES string of the molecule is Cc1cnc(-c2ccc(OS(=O)(=O)C(F)(F)F)c(C#N)c2)s1. The number of hydrogen-bond donors (Lipinski definition) is 0. The van der Waals surface area contributed by atoms with E-state index >= 15 is 0 Å². The summed E-state index contributed by atoms with van der Waals surface area (Å²) in [6, 6.07) is 5.16. The highest BCUT2D eigenvalue weighted by Gasteiger charge is 2.48. The van der Waals surface area contributed by atoms with Crippen LogP contribution in [-0.4, -0.2) is 18.9 Å². The Bertz CT molecular complexity index is 851. The van der Waals surface area contributed by atoms with Crippen LogP contribution in [0.4, 0.5) is 13.2 Å². The number of rotatable bonds is 3. The van der Waals surface area contributed by atoms with E-state index in [4.69, 9.17) is 5.26 Å². The summed E-state index contributed by atoms with van der Waals surface area (Å²) < 4.78 is 62.8. The van der Waals surface area contributed by atoms with Crippen molar-refractivity contribution in [2.45, 2.75) is 12.4 Å². The third kappa shape index (κ3) is 3.20. The van der Waals surface area contributed by atoms with Gasteiger partial charge in [0.2, 0.25) is 0 Å². The summed E-state index contributed by atoms with van der Waals surface area (Å²) in [6.07, 6.45) is 1.60. The van der Waals surface area contributed by atoms with E-state index in [1.54, 1.807) is 12.3 Å². The second-order valence-electron chi connectivity index (χ2n) is 4.08. The Morgan fingerprint density at radius 2 is 2.05 bits per heavy atom. The van der Waals surface area contributed by atoms with Crippen molar-refractivity contribution in [1.29, 1.82) is 5.26 Å². The van der Waals surface area contributed by atoms with Crippen molar-refractivity contribution < 1.29 is 25.8 Å². The fraction of sp³-hybridized carbons (Fsp3) is 0.167. The minimum Gasteiger partial charge on any atom is -0.375 e. The monoisotopic (exact) mass is 348 g/mol. The third-order valence-corrected chi connectivity index (χ3v) is 4.38. The molecule has 0 spiro atoms. The molecule has 116 valence electrons. The number of thiazole rings is 1. The van der Waals surface area contributed by atoms with Crippen molar-refractivity contribution in [1.82, 2.24) is 4.98 Å². The number of nitrogens with zero attached hydrogens (tertiary/aromatic N) is 2. The van der Waals surface area contributed by atoms with Crippen LogP contribution in [0.2, 0.25) is 0 Å². The molecule has 0 aliphatic rings. The molecule has 0 saturated heterocycles. The second-order valence-corrected chi connectivity index (χ2v) is 6.85. The molecule has 0 bridgehead atoms. The number of benzene rings is 1. The number of halogens is 3. The summed E-state index contributed by atoms with van der Waals surface area (Å²) in [5.41, 5.74) is -5.42. The van der Waals surface area contributed by atoms with E-state index in [0.717, 1.165) is 10.9 Å². The molecule has 2 rings (SSSR count). The highest BCUT2D eigenvalue weighted by atomic mass is 32.2. The fourth-order valence-electron chi connectivity index (χ4n) is 1.48. The van der Waals surface area contributed by atoms with E-state index in [2.05, 4.69) is 9.17 Å². The summed E-state index contributed by atoms with van der Waals surface area (Å²) in [5, 5.41) is 9.53. The smallest absolute Gasteiger partial charge is 0.375 e. The number of hydrogen-bond acceptors (Lipinski definition) is 6. The van der Waals surface area contributed by atoms with Crippen LogP contribution in [0.1, 0.15) is 10.4 Å². The molecule has 0 N–H and O–H groups in total. The van der Waals surface area contributed by atoms with E-state index in [1.165, 1.54) is 23.5 Å². The molecule has 1 heterocycles. The van der Waals surface area contributed by atoms with E-state index in [-0.39, 0.29) is 5.56 Å². The van der Waals surface area contributed by atoms with Crippen LogP contribution < -0.4 is 4.18 Å². The highest BCUT2D eigenvalue weighted by molar-refractivity contribution is 7.88. The predicted octanol–water partition coefficient (Wildman–Crippen LogP) is 3.22. The van der Waals surface area contributed by atoms with E-state index in [1.807, 2.05) is 6.92 Å². The van der Waals surface area contributed by atoms with E-state index in [9.17, 15) is 21.6 Å². The van der Waals surface area contributed by atoms with Crippen LogP contribution in [0.25, 0.3) is 10.6 Å². The molecule has 0 amide bonds. The highest BCUT2D eigenvalue weighted by Crippen LogP contribution is 2.32. The molecular weight excluding hydrogens is 341 g/mol. The van der Waals surface area contributed by atoms with Gasteiger partial charge < -0.3 is 4.18 Å². The van der Waals surface area contributed by atoms with Crippen molar-refractivity contribution in [2.24, 2.45) is 0 Å². The number of nitriles is 1. The Labute approximate surface area is 127 Å². The summed E-state index contributed by atoms with van der Waals surface area (Å²) >= 11 is 1.32. The molecule has 1 aromatic heterocycles. The summed E-state index contributed by atoms with van der Waals surface area (Å²) in [5.74, 6) is -0.683. The second kappa shape index (κ2) is 5.58. The van der Waals surface area contributed by atoms with Gasteiger partial charge in [0, 0.05) is 16.6 Å². The van der Waals surface area contributed by atoms with Crippen molar-refractivity contribution in [3.8, 4) is 22.4 Å². The van der Waals surface area contributed by atoms with Gasteiger partial charge in [-0.1, -0.05) is 0 Å². The molecule has 2 aromatic rings. The Hall–Kier alpha value is -2.12. The van der Waals surface area contributed by atoms with Crippen molar-refractivity contribution in [3.05, 3.63) is 34.8 Å². The molecular formula is C12H7F3N2O3S2. The summed E-state index contributed by atoms with van der Waals surface area (Å²) in [4.78, 5) is 4.99. The van der Waals surface area contributed by atoms with Crippen molar-refractivity contribution in [3.63, 3.8) is 0 Å². The Morgan fingerprint density at radius 3 is 2.55 bits per heavy atom. The number of aromatic nitrogens is 1. The van der Waals surface area contributed by atoms with Gasteiger partial charge in [-0.2, -0.15) is 26.9 Å². The summed E-state index contributed by atoms with van der Waals surface area (Å²) in [7, 11) is -5.82. The Balaban J connectivity index is 2.42. The minimum atomic E-state index is -5.82. The van der Waals surface area contributed by atoms with Crippen LogP contribution in [0.15, 0.2) is 24.4 Å². The van der Waals surface area contributed by atoms with Crippen LogP contribution in [0.3, 0.4) is 0 Å². The van der Waals surface area contributed by atoms with Gasteiger partial charge in [-0.05, 0) is 25.1 Å². The fourth-order valence-corrected chi connectivity index (χ4v) is 2.71. The first kappa shape index (κ1) is 16.3. The van der Waals surface area contributed by atoms with E-state index in [0.29, 0.717) is 10.6 Å². The lowest BCUT2D eigenvalue weighted by Crippen LogP contribution is -2.28. The lowest BCUT2D eigenvalue weighted by molar-refractivity contribution is -0.0500. The normalized spacial score (nSPS) is 12.0. The molecule has 0 radical (unpaired) electrons. The number of alkyl halides is 3. The number of aryl methyl sites for hydroxylation is 1. The molecule has 0 aliphatic heterocycles. The largest absolute Gasteiger partial charge is 0.534 e. The van der Waals surface area contributed by atoms with Crippen molar-refractivity contribution >= 4 is 21.5 Å². The van der Waals surface area contributed by atoms with E-state index < -0.39 is 21.4 Å². The molecule has 0 aliphatic carbocycles. The van der Waals surface area contributed by atoms with Crippen LogP contribution in [-0.2, 0) is 10.1 Å². The van der Waals surface area contributed by atoms with Gasteiger partial charge in [-0.15, -0.1) is 11.3 Å². The van der Waals surface area contributed by atoms with Gasteiger partial charge in [-0.3, -0.25) is 0 Å². The predicted molar refractivity (Wildman–Crippen MR) is 72.6 cm³/mol. The summed E-state index contributed by atoms with van der Waals surface area (Å²) in [6.45, 7) is 1.82. The quantitative estimate of drug-likeness (QED) is 0.628. The van der Waals surface area contributed by atoms with Gasteiger partial charge in [0.05, 0.1) is 5.56 Å². The molecule has 0 unspecified atom stereocenters. The molecule has 5 nitrogen and oxygen atoms in total. The lowest BCUT2D eigenvalue weighted by Gasteiger charge is -2.10. The Morgan fingerprint density at radius 1 is 1.36 bits per heavy atom. The van der Waals surface area contributed by atoms with Crippen molar-refractivity contribution in [2.75, 3.05) is 0 Å². The maximum Gasteiger partial charge on any atom is 0.534 e. The average molecular weight is 348 g/mol. The van der Waals surface area contributed by atoms with Gasteiger partial charge in [0.1, 0.15) is 11.1 Å². The standard InChI is InChI=1S/C12H7F3N2O3S2/c1-7-6-17-11(21-7)8-2-3-10(9(4-8)5-16)20-22(18,19)12(13,14)15/h2-4,6H,1H3. The molecule has 1 aromatic carbocycles. The first-order valence-electron chi connectivity index (χ1n) is 5.62. The maximum atomic E-state index is 12.3. The molecule has 0 atom stereocenters. The van der Waals surface area contributed by atoms with Crippen LogP contribution >= 0.6 is 11.3 Å². The van der Waals surface area contributed by atoms with Gasteiger partial charge in [0.25, 0.3) is 0 Å². The zero-order valence-electron chi connectivity index (χ0n) is 10.9. The molecule has 0 saturated carbocycles. The first-order valence-corrected chi connectivity index (χ1v) is 7.84. The topological polar surface area (TPSA) is 80.0 Å². The maximum absolute atomic E-state index is 12.3. The van der Waals surface area contributed by atoms with Crippen LogP contribution in [0, 0.1) is 18.3 Å².